The largest absolute Gasteiger partial charge is 0.489 e. The highest BCUT2D eigenvalue weighted by Gasteiger charge is 1.95. The van der Waals surface area contributed by atoms with Gasteiger partial charge >= 0.3 is 0 Å². The summed E-state index contributed by atoms with van der Waals surface area (Å²) in [6.45, 7) is -0.512. The predicted molar refractivity (Wildman–Crippen MR) is 38.5 cm³/mol. The Hall–Kier alpha value is -0.900. The first kappa shape index (κ1) is 8.20. The molecule has 0 aliphatic rings. The van der Waals surface area contributed by atoms with Crippen LogP contribution in [0.25, 0.3) is 0 Å². The molecule has 0 saturated carbocycles. The number of rotatable bonds is 3. The number of nitrogens with zero attached hydrogens (tertiary/aromatic N) is 2. The molecule has 0 radical (unpaired) electrons. The van der Waals surface area contributed by atoms with E-state index < -0.39 is 6.67 Å². The lowest BCUT2D eigenvalue weighted by Gasteiger charge is -2.00. The first-order chi connectivity index (χ1) is 5.33. The van der Waals surface area contributed by atoms with Crippen molar-refractivity contribution in [2.24, 2.45) is 0 Å². The van der Waals surface area contributed by atoms with Crippen molar-refractivity contribution in [1.29, 1.82) is 0 Å². The van der Waals surface area contributed by atoms with E-state index in [9.17, 15) is 4.39 Å². The average Bonchev–Trinajstić information content (AvgIpc) is 2.01. The third-order valence-corrected chi connectivity index (χ3v) is 1.13. The van der Waals surface area contributed by atoms with Crippen molar-refractivity contribution < 1.29 is 9.13 Å². The van der Waals surface area contributed by atoms with Crippen LogP contribution in [0.3, 0.4) is 0 Å². The third-order valence-electron chi connectivity index (χ3n) is 0.945. The number of halogens is 2. The molecule has 1 rings (SSSR count). The fourth-order valence-electron chi connectivity index (χ4n) is 0.560. The predicted octanol–water partition coefficient (Wildman–Crippen LogP) is 1.48. The number of hydrogen-bond donors (Lipinski definition) is 0. The topological polar surface area (TPSA) is 35.0 Å². The summed E-state index contributed by atoms with van der Waals surface area (Å²) < 4.78 is 16.5. The number of alkyl halides is 1. The van der Waals surface area contributed by atoms with Crippen molar-refractivity contribution in [3.8, 4) is 5.75 Å². The fraction of sp³-hybridized carbons (Fsp3) is 0.333. The van der Waals surface area contributed by atoms with Gasteiger partial charge in [0.15, 0.2) is 5.15 Å². The molecule has 0 bridgehead atoms. The summed E-state index contributed by atoms with van der Waals surface area (Å²) in [5, 5.41) is 7.23. The Morgan fingerprint density at radius 2 is 2.45 bits per heavy atom. The van der Waals surface area contributed by atoms with Gasteiger partial charge in [0, 0.05) is 6.07 Å². The summed E-state index contributed by atoms with van der Waals surface area (Å²) in [6.07, 6.45) is 1.38. The van der Waals surface area contributed by atoms with Crippen molar-refractivity contribution in [2.75, 3.05) is 13.3 Å². The summed E-state index contributed by atoms with van der Waals surface area (Å²) in [6, 6.07) is 1.48. The number of hydrogen-bond acceptors (Lipinski definition) is 3. The van der Waals surface area contributed by atoms with E-state index in [2.05, 4.69) is 10.2 Å². The van der Waals surface area contributed by atoms with Crippen molar-refractivity contribution in [3.05, 3.63) is 17.4 Å². The van der Waals surface area contributed by atoms with E-state index in [1.165, 1.54) is 12.3 Å². The lowest BCUT2D eigenvalue weighted by molar-refractivity contribution is 0.272. The quantitative estimate of drug-likeness (QED) is 0.700. The summed E-state index contributed by atoms with van der Waals surface area (Å²) >= 11 is 5.48. The number of ether oxygens (including phenoxy) is 1. The van der Waals surface area contributed by atoms with Gasteiger partial charge in [0.2, 0.25) is 0 Å². The fourth-order valence-corrected chi connectivity index (χ4v) is 0.711. The molecule has 0 aliphatic carbocycles. The molecule has 3 nitrogen and oxygen atoms in total. The van der Waals surface area contributed by atoms with E-state index in [0.29, 0.717) is 5.75 Å². The zero-order valence-electron chi connectivity index (χ0n) is 5.63. The van der Waals surface area contributed by atoms with Crippen LogP contribution >= 0.6 is 11.6 Å². The van der Waals surface area contributed by atoms with E-state index in [4.69, 9.17) is 16.3 Å². The van der Waals surface area contributed by atoms with Crippen LogP contribution in [0.4, 0.5) is 4.39 Å². The van der Waals surface area contributed by atoms with Crippen LogP contribution in [0.1, 0.15) is 0 Å². The minimum Gasteiger partial charge on any atom is -0.489 e. The van der Waals surface area contributed by atoms with Crippen LogP contribution < -0.4 is 4.74 Å². The van der Waals surface area contributed by atoms with Crippen molar-refractivity contribution >= 4 is 11.6 Å². The Morgan fingerprint density at radius 1 is 1.64 bits per heavy atom. The molecule has 0 unspecified atom stereocenters. The summed E-state index contributed by atoms with van der Waals surface area (Å²) in [4.78, 5) is 0. The van der Waals surface area contributed by atoms with Gasteiger partial charge in [-0.05, 0) is 0 Å². The molecule has 11 heavy (non-hydrogen) atoms. The van der Waals surface area contributed by atoms with Crippen LogP contribution in [0, 0.1) is 0 Å². The zero-order valence-corrected chi connectivity index (χ0v) is 6.38. The zero-order chi connectivity index (χ0) is 8.10. The Morgan fingerprint density at radius 3 is 3.09 bits per heavy atom. The smallest absolute Gasteiger partial charge is 0.155 e. The molecule has 0 fully saturated rings. The van der Waals surface area contributed by atoms with Crippen LogP contribution in [0.15, 0.2) is 12.3 Å². The highest BCUT2D eigenvalue weighted by molar-refractivity contribution is 6.29. The van der Waals surface area contributed by atoms with Crippen LogP contribution in [-0.2, 0) is 0 Å². The maximum Gasteiger partial charge on any atom is 0.155 e. The molecule has 0 amide bonds. The minimum atomic E-state index is -0.528. The second-order valence-electron chi connectivity index (χ2n) is 1.75. The summed E-state index contributed by atoms with van der Waals surface area (Å²) in [7, 11) is 0. The van der Waals surface area contributed by atoms with Gasteiger partial charge in [-0.1, -0.05) is 11.6 Å². The monoisotopic (exact) mass is 176 g/mol. The highest BCUT2D eigenvalue weighted by atomic mass is 35.5. The van der Waals surface area contributed by atoms with Gasteiger partial charge in [0.1, 0.15) is 19.0 Å². The molecule has 60 valence electrons. The second kappa shape index (κ2) is 4.08. The van der Waals surface area contributed by atoms with Crippen LogP contribution in [-0.4, -0.2) is 23.5 Å². The normalized spacial score (nSPS) is 9.64. The van der Waals surface area contributed by atoms with Crippen molar-refractivity contribution in [2.45, 2.75) is 0 Å². The molecular weight excluding hydrogens is 171 g/mol. The maximum absolute atomic E-state index is 11.6. The molecule has 0 N–H and O–H groups in total. The standard InChI is InChI=1S/C6H6ClFN2O/c7-6-3-5(4-9-10-6)11-2-1-8/h3-4H,1-2H2. The summed E-state index contributed by atoms with van der Waals surface area (Å²) in [5.74, 6) is 0.433. The number of aromatic nitrogens is 2. The maximum atomic E-state index is 11.6. The van der Waals surface area contributed by atoms with E-state index in [-0.39, 0.29) is 11.8 Å². The van der Waals surface area contributed by atoms with E-state index in [1.807, 2.05) is 0 Å². The molecule has 1 heterocycles. The molecule has 1 aromatic heterocycles. The van der Waals surface area contributed by atoms with Gasteiger partial charge in [0.25, 0.3) is 0 Å². The second-order valence-corrected chi connectivity index (χ2v) is 2.14. The van der Waals surface area contributed by atoms with E-state index in [0.717, 1.165) is 0 Å². The Bertz CT molecular complexity index is 234. The van der Waals surface area contributed by atoms with E-state index >= 15 is 0 Å². The Labute approximate surface area is 68.2 Å². The molecule has 1 aromatic rings. The summed E-state index contributed by atoms with van der Waals surface area (Å²) in [5.41, 5.74) is 0. The Balaban J connectivity index is 2.56. The van der Waals surface area contributed by atoms with E-state index in [1.54, 1.807) is 0 Å². The van der Waals surface area contributed by atoms with Gasteiger partial charge in [-0.15, -0.1) is 5.10 Å². The van der Waals surface area contributed by atoms with Crippen LogP contribution in [0.5, 0.6) is 5.75 Å². The van der Waals surface area contributed by atoms with Crippen molar-refractivity contribution in [1.82, 2.24) is 10.2 Å². The lowest BCUT2D eigenvalue weighted by atomic mass is 10.5. The molecule has 0 aromatic carbocycles. The molecule has 0 aliphatic heterocycles. The first-order valence-electron chi connectivity index (χ1n) is 3.00. The first-order valence-corrected chi connectivity index (χ1v) is 3.37. The highest BCUT2D eigenvalue weighted by Crippen LogP contribution is 2.12. The minimum absolute atomic E-state index is 0.0159. The molecular formula is C6H6ClFN2O. The molecule has 0 saturated heterocycles. The van der Waals surface area contributed by atoms with Crippen LogP contribution in [0.2, 0.25) is 5.15 Å². The lowest BCUT2D eigenvalue weighted by Crippen LogP contribution is -1.99. The van der Waals surface area contributed by atoms with Gasteiger partial charge in [0.05, 0.1) is 6.20 Å². The Kier molecular flexibility index (Phi) is 3.04. The molecule has 0 atom stereocenters. The molecule has 0 spiro atoms. The average molecular weight is 177 g/mol. The van der Waals surface area contributed by atoms with Gasteiger partial charge in [-0.3, -0.25) is 0 Å². The van der Waals surface area contributed by atoms with Gasteiger partial charge < -0.3 is 4.74 Å². The molecule has 5 heteroatoms. The van der Waals surface area contributed by atoms with Gasteiger partial charge in [-0.2, -0.15) is 5.10 Å². The SMILES string of the molecule is FCCOc1cnnc(Cl)c1. The third kappa shape index (κ3) is 2.67. The van der Waals surface area contributed by atoms with Gasteiger partial charge in [-0.25, -0.2) is 4.39 Å². The van der Waals surface area contributed by atoms with Crippen molar-refractivity contribution in [3.63, 3.8) is 0 Å².